The summed E-state index contributed by atoms with van der Waals surface area (Å²) in [6.45, 7) is 5.87. The molecular weight excluding hydrogens is 330 g/mol. The predicted octanol–water partition coefficient (Wildman–Crippen LogP) is 3.42. The smallest absolute Gasteiger partial charge is 0.230 e. The summed E-state index contributed by atoms with van der Waals surface area (Å²) < 4.78 is 1.03. The molecule has 1 saturated heterocycles. The number of nitrogens with zero attached hydrogens (tertiary/aromatic N) is 1. The number of aliphatic hydroxyl groups excluding tert-OH is 1. The van der Waals surface area contributed by atoms with Crippen molar-refractivity contribution in [1.29, 1.82) is 0 Å². The Morgan fingerprint density at radius 1 is 1.38 bits per heavy atom. The summed E-state index contributed by atoms with van der Waals surface area (Å²) in [7, 11) is 0. The van der Waals surface area contributed by atoms with Gasteiger partial charge in [-0.15, -0.1) is 0 Å². The fraction of sp³-hybridized carbons (Fsp3) is 0.588. The zero-order valence-electron chi connectivity index (χ0n) is 12.8. The van der Waals surface area contributed by atoms with Gasteiger partial charge >= 0.3 is 0 Å². The Kier molecular flexibility index (Phi) is 5.82. The minimum Gasteiger partial charge on any atom is -0.396 e. The molecule has 1 aliphatic rings. The highest BCUT2D eigenvalue weighted by atomic mass is 79.9. The van der Waals surface area contributed by atoms with E-state index in [4.69, 9.17) is 0 Å². The van der Waals surface area contributed by atoms with Crippen LogP contribution in [0, 0.1) is 11.8 Å². The van der Waals surface area contributed by atoms with E-state index in [-0.39, 0.29) is 30.3 Å². The number of rotatable bonds is 4. The van der Waals surface area contributed by atoms with Crippen molar-refractivity contribution in [1.82, 2.24) is 4.90 Å². The lowest BCUT2D eigenvalue weighted by atomic mass is 9.86. The highest BCUT2D eigenvalue weighted by Crippen LogP contribution is 2.29. The van der Waals surface area contributed by atoms with Crippen LogP contribution in [0.25, 0.3) is 0 Å². The fourth-order valence-corrected chi connectivity index (χ4v) is 3.36. The highest BCUT2D eigenvalue weighted by Gasteiger charge is 2.31. The molecule has 2 rings (SSSR count). The quantitative estimate of drug-likeness (QED) is 0.900. The van der Waals surface area contributed by atoms with Gasteiger partial charge in [0.05, 0.1) is 5.92 Å². The summed E-state index contributed by atoms with van der Waals surface area (Å²) in [6.07, 6.45) is 2.01. The number of benzene rings is 1. The number of carbonyl (C=O) groups is 1. The normalized spacial score (nSPS) is 20.6. The third-order valence-corrected chi connectivity index (χ3v) is 4.78. The van der Waals surface area contributed by atoms with E-state index in [0.717, 1.165) is 29.4 Å². The zero-order chi connectivity index (χ0) is 15.4. The third-order valence-electron chi connectivity index (χ3n) is 4.25. The molecule has 4 heteroatoms. The van der Waals surface area contributed by atoms with Crippen LogP contribution in [0.2, 0.25) is 0 Å². The molecule has 1 heterocycles. The summed E-state index contributed by atoms with van der Waals surface area (Å²) in [5, 5.41) is 9.34. The van der Waals surface area contributed by atoms with Crippen molar-refractivity contribution in [3.05, 3.63) is 34.3 Å². The van der Waals surface area contributed by atoms with E-state index in [0.29, 0.717) is 6.54 Å². The van der Waals surface area contributed by atoms with E-state index in [1.165, 1.54) is 0 Å². The number of likely N-dealkylation sites (tertiary alicyclic amines) is 1. The number of carbonyl (C=O) groups excluding carboxylic acids is 1. The summed E-state index contributed by atoms with van der Waals surface area (Å²) in [4.78, 5) is 14.9. The Balaban J connectivity index is 2.17. The minimum atomic E-state index is -0.101. The SMILES string of the molecule is CC(C)C(C(=O)N1CCCC(CO)C1)c1ccc(Br)cc1. The predicted molar refractivity (Wildman–Crippen MR) is 88.1 cm³/mol. The molecule has 116 valence electrons. The van der Waals surface area contributed by atoms with Crippen LogP contribution in [-0.2, 0) is 4.79 Å². The molecule has 0 spiro atoms. The molecule has 0 bridgehead atoms. The van der Waals surface area contributed by atoms with Crippen LogP contribution in [0.15, 0.2) is 28.7 Å². The van der Waals surface area contributed by atoms with Crippen LogP contribution in [0.3, 0.4) is 0 Å². The lowest BCUT2D eigenvalue weighted by molar-refractivity contribution is -0.136. The van der Waals surface area contributed by atoms with Gasteiger partial charge in [0.2, 0.25) is 5.91 Å². The Bertz CT molecular complexity index is 472. The summed E-state index contributed by atoms with van der Waals surface area (Å²) in [5.74, 6) is 0.592. The van der Waals surface area contributed by atoms with E-state index >= 15 is 0 Å². The first-order valence-electron chi connectivity index (χ1n) is 7.68. The van der Waals surface area contributed by atoms with Crippen LogP contribution >= 0.6 is 15.9 Å². The first-order valence-corrected chi connectivity index (χ1v) is 8.47. The number of halogens is 1. The Hall–Kier alpha value is -0.870. The van der Waals surface area contributed by atoms with Gasteiger partial charge in [-0.1, -0.05) is 41.9 Å². The monoisotopic (exact) mass is 353 g/mol. The Morgan fingerprint density at radius 3 is 2.62 bits per heavy atom. The van der Waals surface area contributed by atoms with Gasteiger partial charge in [-0.25, -0.2) is 0 Å². The van der Waals surface area contributed by atoms with Gasteiger partial charge in [0.1, 0.15) is 0 Å². The Morgan fingerprint density at radius 2 is 2.05 bits per heavy atom. The van der Waals surface area contributed by atoms with E-state index in [1.54, 1.807) is 0 Å². The van der Waals surface area contributed by atoms with Crippen molar-refractivity contribution in [3.63, 3.8) is 0 Å². The van der Waals surface area contributed by atoms with E-state index in [2.05, 4.69) is 29.8 Å². The first-order chi connectivity index (χ1) is 10.0. The van der Waals surface area contributed by atoms with Gasteiger partial charge in [0.15, 0.2) is 0 Å². The Labute approximate surface area is 135 Å². The van der Waals surface area contributed by atoms with Crippen LogP contribution in [0.1, 0.15) is 38.2 Å². The largest absolute Gasteiger partial charge is 0.396 e. The average Bonchev–Trinajstić information content (AvgIpc) is 2.49. The number of hydrogen-bond acceptors (Lipinski definition) is 2. The molecule has 1 N–H and O–H groups in total. The summed E-state index contributed by atoms with van der Waals surface area (Å²) in [6, 6.07) is 8.04. The third kappa shape index (κ3) is 4.07. The maximum Gasteiger partial charge on any atom is 0.230 e. The van der Waals surface area contributed by atoms with Gasteiger partial charge in [-0.2, -0.15) is 0 Å². The van der Waals surface area contributed by atoms with E-state index in [1.807, 2.05) is 29.2 Å². The first kappa shape index (κ1) is 16.5. The second-order valence-corrected chi connectivity index (χ2v) is 7.16. The molecule has 2 atom stereocenters. The summed E-state index contributed by atoms with van der Waals surface area (Å²) >= 11 is 3.44. The molecular formula is C17H24BrNO2. The molecule has 2 unspecified atom stereocenters. The molecule has 1 aromatic rings. The van der Waals surface area contributed by atoms with Crippen LogP contribution < -0.4 is 0 Å². The van der Waals surface area contributed by atoms with E-state index < -0.39 is 0 Å². The van der Waals surface area contributed by atoms with Crippen LogP contribution in [-0.4, -0.2) is 35.6 Å². The van der Waals surface area contributed by atoms with E-state index in [9.17, 15) is 9.90 Å². The number of hydrogen-bond donors (Lipinski definition) is 1. The minimum absolute atomic E-state index is 0.101. The van der Waals surface area contributed by atoms with Gasteiger partial charge in [0.25, 0.3) is 0 Å². The zero-order valence-corrected chi connectivity index (χ0v) is 14.3. The van der Waals surface area contributed by atoms with Crippen molar-refractivity contribution in [2.24, 2.45) is 11.8 Å². The molecule has 0 saturated carbocycles. The standard InChI is InChI=1S/C17H24BrNO2/c1-12(2)16(14-5-7-15(18)8-6-14)17(21)19-9-3-4-13(10-19)11-20/h5-8,12-13,16,20H,3-4,9-11H2,1-2H3. The topological polar surface area (TPSA) is 40.5 Å². The van der Waals surface area contributed by atoms with Gasteiger partial charge in [0, 0.05) is 24.2 Å². The maximum absolute atomic E-state index is 12.9. The number of amides is 1. The van der Waals surface area contributed by atoms with Crippen LogP contribution in [0.4, 0.5) is 0 Å². The maximum atomic E-state index is 12.9. The average molecular weight is 354 g/mol. The van der Waals surface area contributed by atoms with Gasteiger partial charge in [-0.05, 0) is 42.4 Å². The molecule has 1 amide bonds. The molecule has 0 aliphatic carbocycles. The van der Waals surface area contributed by atoms with Crippen molar-refractivity contribution in [2.75, 3.05) is 19.7 Å². The molecule has 1 aromatic carbocycles. The molecule has 21 heavy (non-hydrogen) atoms. The molecule has 1 aliphatic heterocycles. The van der Waals surface area contributed by atoms with Crippen molar-refractivity contribution < 1.29 is 9.90 Å². The van der Waals surface area contributed by atoms with Gasteiger partial charge in [-0.3, -0.25) is 4.79 Å². The molecule has 1 fully saturated rings. The lowest BCUT2D eigenvalue weighted by Gasteiger charge is -2.35. The highest BCUT2D eigenvalue weighted by molar-refractivity contribution is 9.10. The summed E-state index contributed by atoms with van der Waals surface area (Å²) in [5.41, 5.74) is 1.07. The number of piperidine rings is 1. The number of aliphatic hydroxyl groups is 1. The second kappa shape index (κ2) is 7.41. The van der Waals surface area contributed by atoms with Crippen molar-refractivity contribution in [2.45, 2.75) is 32.6 Å². The molecule has 0 radical (unpaired) electrons. The lowest BCUT2D eigenvalue weighted by Crippen LogP contribution is -2.44. The molecule has 3 nitrogen and oxygen atoms in total. The fourth-order valence-electron chi connectivity index (χ4n) is 3.09. The van der Waals surface area contributed by atoms with Crippen molar-refractivity contribution in [3.8, 4) is 0 Å². The van der Waals surface area contributed by atoms with Crippen LogP contribution in [0.5, 0.6) is 0 Å². The van der Waals surface area contributed by atoms with Crippen molar-refractivity contribution >= 4 is 21.8 Å². The van der Waals surface area contributed by atoms with Gasteiger partial charge < -0.3 is 10.0 Å². The molecule has 0 aromatic heterocycles. The second-order valence-electron chi connectivity index (χ2n) is 6.25.